The minimum Gasteiger partial charge on any atom is -0.487 e. The number of ether oxygens (including phenoxy) is 1. The number of hydrogen-bond acceptors (Lipinski definition) is 3. The summed E-state index contributed by atoms with van der Waals surface area (Å²) in [7, 11) is 0. The number of nitrogens with zero attached hydrogens (tertiary/aromatic N) is 1. The molecule has 1 aliphatic heterocycles. The molecule has 0 radical (unpaired) electrons. The summed E-state index contributed by atoms with van der Waals surface area (Å²) in [5.41, 5.74) is 1.21. The second-order valence-electron chi connectivity index (χ2n) is 5.89. The lowest BCUT2D eigenvalue weighted by Crippen LogP contribution is -2.50. The molecule has 0 aromatic heterocycles. The summed E-state index contributed by atoms with van der Waals surface area (Å²) in [5.74, 6) is 0.970. The molecule has 3 heteroatoms. The van der Waals surface area contributed by atoms with Crippen molar-refractivity contribution < 1.29 is 4.74 Å². The van der Waals surface area contributed by atoms with Gasteiger partial charge >= 0.3 is 0 Å². The molecular weight excluding hydrogens is 236 g/mol. The van der Waals surface area contributed by atoms with E-state index in [2.05, 4.69) is 55.3 Å². The van der Waals surface area contributed by atoms with Crippen molar-refractivity contribution in [1.82, 2.24) is 10.2 Å². The highest BCUT2D eigenvalue weighted by Gasteiger charge is 2.24. The normalized spacial score (nSPS) is 17.4. The van der Waals surface area contributed by atoms with Crippen molar-refractivity contribution in [3.05, 3.63) is 29.8 Å². The minimum absolute atomic E-state index is 0.148. The molecule has 2 rings (SSSR count). The molecule has 0 unspecified atom stereocenters. The number of benzene rings is 1. The van der Waals surface area contributed by atoms with Gasteiger partial charge in [-0.05, 0) is 38.0 Å². The molecule has 0 aliphatic carbocycles. The van der Waals surface area contributed by atoms with Crippen LogP contribution in [0.5, 0.6) is 5.75 Å². The average molecular weight is 262 g/mol. The largest absolute Gasteiger partial charge is 0.487 e. The lowest BCUT2D eigenvalue weighted by molar-refractivity contribution is 0.0547. The molecule has 1 aromatic rings. The topological polar surface area (TPSA) is 24.5 Å². The third-order valence-electron chi connectivity index (χ3n) is 3.54. The zero-order valence-corrected chi connectivity index (χ0v) is 12.4. The number of hydrogen-bond donors (Lipinski definition) is 1. The van der Waals surface area contributed by atoms with E-state index < -0.39 is 0 Å². The van der Waals surface area contributed by atoms with E-state index in [1.54, 1.807) is 0 Å². The second-order valence-corrected chi connectivity index (χ2v) is 5.89. The molecule has 1 aliphatic rings. The number of rotatable bonds is 5. The van der Waals surface area contributed by atoms with Crippen LogP contribution in [-0.2, 0) is 6.42 Å². The highest BCUT2D eigenvalue weighted by Crippen LogP contribution is 2.20. The molecule has 19 heavy (non-hydrogen) atoms. The van der Waals surface area contributed by atoms with E-state index in [1.807, 2.05) is 0 Å². The van der Waals surface area contributed by atoms with Gasteiger partial charge in [-0.1, -0.05) is 19.1 Å². The first-order chi connectivity index (χ1) is 9.09. The Morgan fingerprint density at radius 1 is 1.16 bits per heavy atom. The van der Waals surface area contributed by atoms with Crippen molar-refractivity contribution in [3.63, 3.8) is 0 Å². The molecule has 3 nitrogen and oxygen atoms in total. The predicted octanol–water partition coefficient (Wildman–Crippen LogP) is 2.31. The SMILES string of the molecule is CCc1ccc(OC(C)(C)CN2CCNCC2)cc1. The van der Waals surface area contributed by atoms with Crippen molar-refractivity contribution in [3.8, 4) is 5.75 Å². The molecular formula is C16H26N2O. The zero-order chi connectivity index (χ0) is 13.7. The average Bonchev–Trinajstić information content (AvgIpc) is 2.39. The Balaban J connectivity index is 1.91. The fourth-order valence-electron chi connectivity index (χ4n) is 2.55. The van der Waals surface area contributed by atoms with Gasteiger partial charge in [0.25, 0.3) is 0 Å². The second kappa shape index (κ2) is 6.40. The van der Waals surface area contributed by atoms with Crippen LogP contribution in [0.25, 0.3) is 0 Å². The Labute approximate surface area is 116 Å². The number of aryl methyl sites for hydroxylation is 1. The Hall–Kier alpha value is -1.06. The summed E-state index contributed by atoms with van der Waals surface area (Å²) in [6, 6.07) is 8.46. The van der Waals surface area contributed by atoms with Gasteiger partial charge in [0.1, 0.15) is 11.4 Å². The van der Waals surface area contributed by atoms with Crippen LogP contribution in [0.2, 0.25) is 0 Å². The molecule has 106 valence electrons. The first-order valence-corrected chi connectivity index (χ1v) is 7.30. The highest BCUT2D eigenvalue weighted by molar-refractivity contribution is 5.27. The van der Waals surface area contributed by atoms with Crippen molar-refractivity contribution in [2.24, 2.45) is 0 Å². The van der Waals surface area contributed by atoms with Crippen LogP contribution in [0.3, 0.4) is 0 Å². The number of nitrogens with one attached hydrogen (secondary N) is 1. The van der Waals surface area contributed by atoms with Crippen molar-refractivity contribution in [2.75, 3.05) is 32.7 Å². The summed E-state index contributed by atoms with van der Waals surface area (Å²) < 4.78 is 6.14. The van der Waals surface area contributed by atoms with Crippen LogP contribution in [0.1, 0.15) is 26.3 Å². The predicted molar refractivity (Wildman–Crippen MR) is 79.8 cm³/mol. The maximum atomic E-state index is 6.14. The van der Waals surface area contributed by atoms with E-state index in [4.69, 9.17) is 4.74 Å². The molecule has 0 spiro atoms. The van der Waals surface area contributed by atoms with Crippen molar-refractivity contribution in [2.45, 2.75) is 32.8 Å². The fourth-order valence-corrected chi connectivity index (χ4v) is 2.55. The summed E-state index contributed by atoms with van der Waals surface area (Å²) in [4.78, 5) is 2.47. The fraction of sp³-hybridized carbons (Fsp3) is 0.625. The van der Waals surface area contributed by atoms with Gasteiger partial charge in [0.2, 0.25) is 0 Å². The van der Waals surface area contributed by atoms with Crippen LogP contribution in [0, 0.1) is 0 Å². The van der Waals surface area contributed by atoms with Gasteiger partial charge in [-0.15, -0.1) is 0 Å². The molecule has 0 amide bonds. The smallest absolute Gasteiger partial charge is 0.120 e. The van der Waals surface area contributed by atoms with E-state index in [1.165, 1.54) is 5.56 Å². The highest BCUT2D eigenvalue weighted by atomic mass is 16.5. The molecule has 0 atom stereocenters. The summed E-state index contributed by atoms with van der Waals surface area (Å²) in [6.45, 7) is 11.9. The van der Waals surface area contributed by atoms with Crippen LogP contribution in [0.15, 0.2) is 24.3 Å². The third-order valence-corrected chi connectivity index (χ3v) is 3.54. The van der Waals surface area contributed by atoms with E-state index in [-0.39, 0.29) is 5.60 Å². The van der Waals surface area contributed by atoms with Crippen LogP contribution in [0.4, 0.5) is 0 Å². The van der Waals surface area contributed by atoms with E-state index in [0.29, 0.717) is 0 Å². The van der Waals surface area contributed by atoms with E-state index >= 15 is 0 Å². The lowest BCUT2D eigenvalue weighted by Gasteiger charge is -2.35. The zero-order valence-electron chi connectivity index (χ0n) is 12.4. The molecule has 1 saturated heterocycles. The molecule has 1 aromatic carbocycles. The summed E-state index contributed by atoms with van der Waals surface area (Å²) in [5, 5.41) is 3.38. The van der Waals surface area contributed by atoms with Gasteiger partial charge in [0.15, 0.2) is 0 Å². The standard InChI is InChI=1S/C16H26N2O/c1-4-14-5-7-15(8-6-14)19-16(2,3)13-18-11-9-17-10-12-18/h5-8,17H,4,9-13H2,1-3H3. The van der Waals surface area contributed by atoms with Gasteiger partial charge in [-0.25, -0.2) is 0 Å². The van der Waals surface area contributed by atoms with Gasteiger partial charge in [0, 0.05) is 32.7 Å². The Bertz CT molecular complexity index is 380. The summed E-state index contributed by atoms with van der Waals surface area (Å²) >= 11 is 0. The summed E-state index contributed by atoms with van der Waals surface area (Å²) in [6.07, 6.45) is 1.07. The van der Waals surface area contributed by atoms with Crippen molar-refractivity contribution >= 4 is 0 Å². The molecule has 1 heterocycles. The van der Waals surface area contributed by atoms with Gasteiger partial charge in [-0.3, -0.25) is 4.90 Å². The lowest BCUT2D eigenvalue weighted by atomic mass is 10.1. The third kappa shape index (κ3) is 4.51. The minimum atomic E-state index is -0.148. The quantitative estimate of drug-likeness (QED) is 0.881. The van der Waals surface area contributed by atoms with Crippen LogP contribution < -0.4 is 10.1 Å². The molecule has 0 bridgehead atoms. The molecule has 0 saturated carbocycles. The Morgan fingerprint density at radius 2 is 1.79 bits per heavy atom. The maximum absolute atomic E-state index is 6.14. The van der Waals surface area contributed by atoms with Gasteiger partial charge in [-0.2, -0.15) is 0 Å². The van der Waals surface area contributed by atoms with Crippen molar-refractivity contribution in [1.29, 1.82) is 0 Å². The Morgan fingerprint density at radius 3 is 2.37 bits per heavy atom. The monoisotopic (exact) mass is 262 g/mol. The first kappa shape index (κ1) is 14.4. The van der Waals surface area contributed by atoms with E-state index in [0.717, 1.165) is 44.9 Å². The first-order valence-electron chi connectivity index (χ1n) is 7.30. The molecule has 1 N–H and O–H groups in total. The van der Waals surface area contributed by atoms with Crippen LogP contribution >= 0.6 is 0 Å². The van der Waals surface area contributed by atoms with Crippen LogP contribution in [-0.4, -0.2) is 43.2 Å². The van der Waals surface area contributed by atoms with E-state index in [9.17, 15) is 0 Å². The van der Waals surface area contributed by atoms with Gasteiger partial charge < -0.3 is 10.1 Å². The Kier molecular flexibility index (Phi) is 4.83. The maximum Gasteiger partial charge on any atom is 0.120 e. The van der Waals surface area contributed by atoms with Gasteiger partial charge in [0.05, 0.1) is 0 Å². The number of piperazine rings is 1. The molecule has 1 fully saturated rings.